The normalized spacial score (nSPS) is 17.8. The fourth-order valence-corrected chi connectivity index (χ4v) is 5.42. The van der Waals surface area contributed by atoms with Gasteiger partial charge in [0.2, 0.25) is 5.89 Å². The van der Waals surface area contributed by atoms with E-state index < -0.39 is 0 Å². The lowest BCUT2D eigenvalue weighted by Crippen LogP contribution is -2.42. The Morgan fingerprint density at radius 1 is 1.11 bits per heavy atom. The number of benzene rings is 2. The third kappa shape index (κ3) is 3.88. The maximum atomic E-state index is 13.2. The van der Waals surface area contributed by atoms with Crippen molar-refractivity contribution in [1.82, 2.24) is 9.55 Å². The summed E-state index contributed by atoms with van der Waals surface area (Å²) in [6.45, 7) is 5.85. The molecule has 38 heavy (non-hydrogen) atoms. The number of oxazole rings is 1. The first kappa shape index (κ1) is 24.1. The Kier molecular flexibility index (Phi) is 5.47. The molecule has 0 N–H and O–H groups in total. The van der Waals surface area contributed by atoms with Gasteiger partial charge in [-0.2, -0.15) is 10.5 Å². The summed E-state index contributed by atoms with van der Waals surface area (Å²) in [6.07, 6.45) is 3.23. The van der Waals surface area contributed by atoms with Crippen LogP contribution >= 0.6 is 0 Å². The van der Waals surface area contributed by atoms with E-state index in [1.54, 1.807) is 7.05 Å². The molecule has 1 aliphatic carbocycles. The molecule has 1 saturated carbocycles. The predicted octanol–water partition coefficient (Wildman–Crippen LogP) is 5.10. The molecular formula is C30H29N5O3. The second kappa shape index (κ2) is 8.63. The van der Waals surface area contributed by atoms with Crippen LogP contribution in [0.2, 0.25) is 0 Å². The molecular weight excluding hydrogens is 478 g/mol. The Balaban J connectivity index is 1.34. The second-order valence-electron chi connectivity index (χ2n) is 11.1. The van der Waals surface area contributed by atoms with Crippen molar-refractivity contribution in [3.8, 4) is 17.9 Å². The Morgan fingerprint density at radius 3 is 2.55 bits per heavy atom. The van der Waals surface area contributed by atoms with E-state index in [1.165, 1.54) is 4.57 Å². The average molecular weight is 508 g/mol. The first-order chi connectivity index (χ1) is 18.3. The zero-order valence-electron chi connectivity index (χ0n) is 21.9. The van der Waals surface area contributed by atoms with Crippen molar-refractivity contribution in [2.75, 3.05) is 24.6 Å². The lowest BCUT2D eigenvalue weighted by atomic mass is 9.80. The molecule has 8 heteroatoms. The van der Waals surface area contributed by atoms with Crippen LogP contribution in [0.25, 0.3) is 22.0 Å². The van der Waals surface area contributed by atoms with E-state index in [9.17, 15) is 15.3 Å². The summed E-state index contributed by atoms with van der Waals surface area (Å²) in [7, 11) is 1.69. The third-order valence-electron chi connectivity index (χ3n) is 8.30. The number of hydrogen-bond donors (Lipinski definition) is 0. The molecule has 192 valence electrons. The van der Waals surface area contributed by atoms with Crippen molar-refractivity contribution in [1.29, 1.82) is 10.5 Å². The van der Waals surface area contributed by atoms with Gasteiger partial charge >= 0.3 is 0 Å². The van der Waals surface area contributed by atoms with Gasteiger partial charge in [0.05, 0.1) is 22.7 Å². The summed E-state index contributed by atoms with van der Waals surface area (Å²) in [6, 6.07) is 16.1. The number of ether oxygens (including phenoxy) is 1. The zero-order chi connectivity index (χ0) is 26.7. The Hall–Kier alpha value is -4.30. The van der Waals surface area contributed by atoms with E-state index in [4.69, 9.17) is 14.1 Å². The predicted molar refractivity (Wildman–Crippen MR) is 144 cm³/mol. The number of rotatable bonds is 5. The quantitative estimate of drug-likeness (QED) is 0.370. The van der Waals surface area contributed by atoms with Gasteiger partial charge in [0.25, 0.3) is 5.56 Å². The molecule has 1 saturated heterocycles. The number of hydrogen-bond acceptors (Lipinski definition) is 7. The largest absolute Gasteiger partial charge is 0.492 e. The molecule has 0 spiro atoms. The molecule has 1 aliphatic heterocycles. The van der Waals surface area contributed by atoms with Gasteiger partial charge in [0.1, 0.15) is 29.5 Å². The zero-order valence-corrected chi connectivity index (χ0v) is 21.9. The number of anilines is 1. The Labute approximate surface area is 220 Å². The molecule has 6 rings (SSSR count). The van der Waals surface area contributed by atoms with Gasteiger partial charge in [-0.25, -0.2) is 4.98 Å². The van der Waals surface area contributed by atoms with Gasteiger partial charge in [-0.05, 0) is 68.5 Å². The van der Waals surface area contributed by atoms with E-state index >= 15 is 0 Å². The molecule has 2 aliphatic rings. The molecule has 0 radical (unpaired) electrons. The van der Waals surface area contributed by atoms with E-state index in [0.717, 1.165) is 59.1 Å². The van der Waals surface area contributed by atoms with Crippen LogP contribution in [0.4, 0.5) is 5.69 Å². The second-order valence-corrected chi connectivity index (χ2v) is 11.1. The number of aryl methyl sites for hydroxylation is 2. The number of nitrogens with zero attached hydrogens (tertiary/aromatic N) is 5. The van der Waals surface area contributed by atoms with Crippen molar-refractivity contribution in [3.05, 3.63) is 63.8 Å². The molecule has 0 atom stereocenters. The standard InChI is InChI=1S/C30H29N5O3/c1-19-4-7-25-23(14-19)33-28(38-25)29(2)10-12-35(13-11-29)26-21-15-20(37-18-30(17-32)8-9-30)5-6-24(21)34(3)27(36)22(26)16-31/h4-7,14-15H,8-13,18H2,1-3H3. The van der Waals surface area contributed by atoms with E-state index in [2.05, 4.69) is 24.0 Å². The summed E-state index contributed by atoms with van der Waals surface area (Å²) in [5.74, 6) is 1.36. The minimum atomic E-state index is -0.389. The van der Waals surface area contributed by atoms with Crippen molar-refractivity contribution >= 4 is 27.7 Å². The number of pyridine rings is 1. The van der Waals surface area contributed by atoms with Crippen LogP contribution in [0.5, 0.6) is 5.75 Å². The smallest absolute Gasteiger partial charge is 0.270 e. The summed E-state index contributed by atoms with van der Waals surface area (Å²) in [5.41, 5.74) is 3.35. The molecule has 2 aromatic carbocycles. The van der Waals surface area contributed by atoms with Crippen LogP contribution in [0.1, 0.15) is 49.6 Å². The number of nitriles is 2. The maximum Gasteiger partial charge on any atom is 0.270 e. The highest BCUT2D eigenvalue weighted by Crippen LogP contribution is 2.45. The lowest BCUT2D eigenvalue weighted by Gasteiger charge is -2.39. The van der Waals surface area contributed by atoms with Crippen LogP contribution in [-0.4, -0.2) is 29.2 Å². The molecule has 0 amide bonds. The number of fused-ring (bicyclic) bond motifs is 2. The van der Waals surface area contributed by atoms with Crippen LogP contribution in [0.15, 0.2) is 45.6 Å². The molecule has 0 unspecified atom stereocenters. The molecule has 4 aromatic rings. The Bertz CT molecular complexity index is 1720. The highest BCUT2D eigenvalue weighted by molar-refractivity contribution is 5.96. The molecule has 2 aromatic heterocycles. The summed E-state index contributed by atoms with van der Waals surface area (Å²) in [4.78, 5) is 20.1. The van der Waals surface area contributed by atoms with Crippen LogP contribution in [0.3, 0.4) is 0 Å². The van der Waals surface area contributed by atoms with E-state index in [-0.39, 0.29) is 22.0 Å². The van der Waals surface area contributed by atoms with Gasteiger partial charge in [-0.3, -0.25) is 4.79 Å². The maximum absolute atomic E-state index is 13.2. The minimum Gasteiger partial charge on any atom is -0.492 e. The van der Waals surface area contributed by atoms with Crippen molar-refractivity contribution < 1.29 is 9.15 Å². The van der Waals surface area contributed by atoms with Gasteiger partial charge in [0, 0.05) is 30.9 Å². The topological polar surface area (TPSA) is 108 Å². The SMILES string of the molecule is Cc1ccc2oc(C3(C)CCN(c4c(C#N)c(=O)n(C)c5ccc(OCC6(C#N)CC6)cc45)CC3)nc2c1. The van der Waals surface area contributed by atoms with Gasteiger partial charge in [-0.15, -0.1) is 0 Å². The Morgan fingerprint density at radius 2 is 1.87 bits per heavy atom. The third-order valence-corrected chi connectivity index (χ3v) is 8.30. The molecule has 2 fully saturated rings. The number of piperidine rings is 1. The highest BCUT2D eigenvalue weighted by atomic mass is 16.5. The minimum absolute atomic E-state index is 0.133. The van der Waals surface area contributed by atoms with Crippen LogP contribution < -0.4 is 15.2 Å². The van der Waals surface area contributed by atoms with Gasteiger partial charge in [-0.1, -0.05) is 13.0 Å². The first-order valence-corrected chi connectivity index (χ1v) is 13.0. The average Bonchev–Trinajstić information content (AvgIpc) is 3.59. The van der Waals surface area contributed by atoms with Crippen molar-refractivity contribution in [2.24, 2.45) is 12.5 Å². The van der Waals surface area contributed by atoms with Gasteiger partial charge in [0.15, 0.2) is 5.58 Å². The molecule has 8 nitrogen and oxygen atoms in total. The molecule has 3 heterocycles. The summed E-state index contributed by atoms with van der Waals surface area (Å²) >= 11 is 0. The van der Waals surface area contributed by atoms with Crippen LogP contribution in [-0.2, 0) is 12.5 Å². The van der Waals surface area contributed by atoms with Crippen LogP contribution in [0, 0.1) is 35.0 Å². The molecule has 0 bridgehead atoms. The highest BCUT2D eigenvalue weighted by Gasteiger charge is 2.44. The fraction of sp³-hybridized carbons (Fsp3) is 0.400. The first-order valence-electron chi connectivity index (χ1n) is 13.0. The van der Waals surface area contributed by atoms with E-state index in [1.807, 2.05) is 43.3 Å². The monoisotopic (exact) mass is 507 g/mol. The van der Waals surface area contributed by atoms with E-state index in [0.29, 0.717) is 31.1 Å². The van der Waals surface area contributed by atoms with Crippen molar-refractivity contribution in [3.63, 3.8) is 0 Å². The lowest BCUT2D eigenvalue weighted by molar-refractivity contribution is 0.269. The van der Waals surface area contributed by atoms with Crippen molar-refractivity contribution in [2.45, 2.75) is 44.9 Å². The summed E-state index contributed by atoms with van der Waals surface area (Å²) in [5, 5.41) is 20.2. The summed E-state index contributed by atoms with van der Waals surface area (Å²) < 4.78 is 13.7. The fourth-order valence-electron chi connectivity index (χ4n) is 5.42. The number of aromatic nitrogens is 2. The van der Waals surface area contributed by atoms with Gasteiger partial charge < -0.3 is 18.6 Å².